The molecule has 1 rings (SSSR count). The van der Waals surface area contributed by atoms with E-state index in [9.17, 15) is 0 Å². The maximum Gasteiger partial charge on any atom is 0.0161 e. The fourth-order valence-corrected chi connectivity index (χ4v) is 2.82. The van der Waals surface area contributed by atoms with Gasteiger partial charge in [-0.3, -0.25) is 0 Å². The van der Waals surface area contributed by atoms with Crippen LogP contribution in [0.15, 0.2) is 22.7 Å². The summed E-state index contributed by atoms with van der Waals surface area (Å²) in [5.74, 6) is 0. The lowest BCUT2D eigenvalue weighted by atomic mass is 10.0. The molecule has 0 amide bonds. The van der Waals surface area contributed by atoms with Crippen molar-refractivity contribution in [3.05, 3.63) is 22.7 Å². The third-order valence-corrected chi connectivity index (χ3v) is 4.48. The fourth-order valence-electron chi connectivity index (χ4n) is 2.39. The summed E-state index contributed by atoms with van der Waals surface area (Å²) in [4.78, 5) is 0. The summed E-state index contributed by atoms with van der Waals surface area (Å²) in [5.41, 5.74) is 1.29. The van der Waals surface area contributed by atoms with E-state index in [1.165, 1.54) is 80.7 Å². The van der Waals surface area contributed by atoms with Gasteiger partial charge in [0.1, 0.15) is 0 Å². The van der Waals surface area contributed by atoms with Crippen molar-refractivity contribution < 1.29 is 0 Å². The molecule has 0 aliphatic heterocycles. The minimum atomic E-state index is 1.16. The molecule has 0 spiro atoms. The lowest BCUT2D eigenvalue weighted by molar-refractivity contribution is 0.554. The predicted octanol–water partition coefficient (Wildman–Crippen LogP) is 6.52. The summed E-state index contributed by atoms with van der Waals surface area (Å²) in [5, 5.41) is 0. The average molecular weight is 299 g/mol. The second kappa shape index (κ2) is 9.94. The molecule has 0 saturated heterocycles. The third kappa shape index (κ3) is 7.81. The molecule has 0 nitrogen and oxygen atoms in total. The molecule has 1 heteroatoms. The van der Waals surface area contributed by atoms with E-state index in [1.807, 2.05) is 0 Å². The first-order chi connectivity index (χ1) is 8.30. The van der Waals surface area contributed by atoms with Crippen LogP contribution in [0.1, 0.15) is 77.0 Å². The second-order valence-electron chi connectivity index (χ2n) is 5.23. The Hall–Kier alpha value is -0.0400. The molecule has 0 saturated carbocycles. The van der Waals surface area contributed by atoms with E-state index in [2.05, 4.69) is 28.6 Å². The van der Waals surface area contributed by atoms with E-state index < -0.39 is 0 Å². The van der Waals surface area contributed by atoms with Crippen molar-refractivity contribution in [2.45, 2.75) is 77.0 Å². The molecular weight excluding hydrogens is 272 g/mol. The fraction of sp³-hybridized carbons (Fsp3) is 0.750. The standard InChI is InChI=1S/C16H27Br/c1-15-13-11-9-7-5-3-2-4-6-8-10-12-14-16(15)17/h14H,1-13H2/b16-14+. The van der Waals surface area contributed by atoms with Crippen LogP contribution in [0.2, 0.25) is 0 Å². The molecule has 1 aliphatic carbocycles. The van der Waals surface area contributed by atoms with Crippen LogP contribution in [0.25, 0.3) is 0 Å². The quantitative estimate of drug-likeness (QED) is 0.478. The summed E-state index contributed by atoms with van der Waals surface area (Å²) < 4.78 is 1.26. The first-order valence-corrected chi connectivity index (χ1v) is 8.14. The van der Waals surface area contributed by atoms with Gasteiger partial charge in [-0.1, -0.05) is 80.0 Å². The number of rotatable bonds is 0. The SMILES string of the molecule is C=C1CCCCCCCCCCCC/C=C\1Br. The Balaban J connectivity index is 2.33. The zero-order chi connectivity index (χ0) is 12.3. The van der Waals surface area contributed by atoms with Gasteiger partial charge in [-0.15, -0.1) is 0 Å². The molecule has 0 aromatic heterocycles. The van der Waals surface area contributed by atoms with E-state index >= 15 is 0 Å². The summed E-state index contributed by atoms with van der Waals surface area (Å²) in [6, 6.07) is 0. The normalized spacial score (nSPS) is 25.5. The first kappa shape index (κ1) is 15.0. The molecule has 0 aromatic rings. The first-order valence-electron chi connectivity index (χ1n) is 7.34. The Morgan fingerprint density at radius 2 is 1.24 bits per heavy atom. The van der Waals surface area contributed by atoms with Crippen molar-refractivity contribution in [2.75, 3.05) is 0 Å². The van der Waals surface area contributed by atoms with Gasteiger partial charge in [-0.05, 0) is 31.3 Å². The molecule has 17 heavy (non-hydrogen) atoms. The topological polar surface area (TPSA) is 0 Å². The van der Waals surface area contributed by atoms with Crippen molar-refractivity contribution in [2.24, 2.45) is 0 Å². The molecule has 0 bridgehead atoms. The highest BCUT2D eigenvalue weighted by Crippen LogP contribution is 2.23. The highest BCUT2D eigenvalue weighted by Gasteiger charge is 2.00. The average Bonchev–Trinajstić information content (AvgIpc) is 2.34. The number of hydrogen-bond acceptors (Lipinski definition) is 0. The highest BCUT2D eigenvalue weighted by molar-refractivity contribution is 9.12. The van der Waals surface area contributed by atoms with Gasteiger partial charge in [0.05, 0.1) is 0 Å². The van der Waals surface area contributed by atoms with Gasteiger partial charge < -0.3 is 0 Å². The van der Waals surface area contributed by atoms with Crippen LogP contribution in [0, 0.1) is 0 Å². The molecule has 1 aliphatic rings. The Morgan fingerprint density at radius 1 is 0.765 bits per heavy atom. The molecule has 0 aromatic carbocycles. The zero-order valence-electron chi connectivity index (χ0n) is 11.1. The minimum absolute atomic E-state index is 1.16. The van der Waals surface area contributed by atoms with E-state index in [0.29, 0.717) is 0 Å². The molecule has 98 valence electrons. The molecule has 0 radical (unpaired) electrons. The molecule has 0 heterocycles. The van der Waals surface area contributed by atoms with Gasteiger partial charge in [0.15, 0.2) is 0 Å². The van der Waals surface area contributed by atoms with E-state index in [1.54, 1.807) is 0 Å². The van der Waals surface area contributed by atoms with Crippen molar-refractivity contribution in [1.82, 2.24) is 0 Å². The highest BCUT2D eigenvalue weighted by atomic mass is 79.9. The Morgan fingerprint density at radius 3 is 1.82 bits per heavy atom. The lowest BCUT2D eigenvalue weighted by Crippen LogP contribution is -1.84. The molecule has 0 unspecified atom stereocenters. The Bertz CT molecular complexity index is 240. The van der Waals surface area contributed by atoms with Crippen LogP contribution in [0.3, 0.4) is 0 Å². The third-order valence-electron chi connectivity index (χ3n) is 3.59. The number of halogens is 1. The van der Waals surface area contributed by atoms with Gasteiger partial charge in [-0.25, -0.2) is 0 Å². The Labute approximate surface area is 116 Å². The molecule has 0 atom stereocenters. The van der Waals surface area contributed by atoms with Crippen molar-refractivity contribution >= 4 is 15.9 Å². The minimum Gasteiger partial charge on any atom is -0.0947 e. The van der Waals surface area contributed by atoms with Crippen LogP contribution >= 0.6 is 15.9 Å². The smallest absolute Gasteiger partial charge is 0.0161 e. The van der Waals surface area contributed by atoms with Crippen molar-refractivity contribution in [1.29, 1.82) is 0 Å². The largest absolute Gasteiger partial charge is 0.0947 e. The van der Waals surface area contributed by atoms with Crippen LogP contribution in [-0.4, -0.2) is 0 Å². The summed E-state index contributed by atoms with van der Waals surface area (Å²) in [6.45, 7) is 4.17. The van der Waals surface area contributed by atoms with Gasteiger partial charge in [0, 0.05) is 4.48 Å². The summed E-state index contributed by atoms with van der Waals surface area (Å²) >= 11 is 3.66. The predicted molar refractivity (Wildman–Crippen MR) is 81.6 cm³/mol. The van der Waals surface area contributed by atoms with Gasteiger partial charge >= 0.3 is 0 Å². The van der Waals surface area contributed by atoms with Gasteiger partial charge in [0.2, 0.25) is 0 Å². The monoisotopic (exact) mass is 298 g/mol. The summed E-state index contributed by atoms with van der Waals surface area (Å²) in [6.07, 6.45) is 18.7. The van der Waals surface area contributed by atoms with E-state index in [4.69, 9.17) is 0 Å². The summed E-state index contributed by atoms with van der Waals surface area (Å²) in [7, 11) is 0. The maximum atomic E-state index is 4.17. The molecule has 0 fully saturated rings. The van der Waals surface area contributed by atoms with Crippen LogP contribution < -0.4 is 0 Å². The van der Waals surface area contributed by atoms with Crippen molar-refractivity contribution in [3.63, 3.8) is 0 Å². The van der Waals surface area contributed by atoms with Gasteiger partial charge in [-0.2, -0.15) is 0 Å². The number of hydrogen-bond donors (Lipinski definition) is 0. The van der Waals surface area contributed by atoms with Crippen LogP contribution in [0.5, 0.6) is 0 Å². The lowest BCUT2D eigenvalue weighted by Gasteiger charge is -2.05. The second-order valence-corrected chi connectivity index (χ2v) is 6.08. The number of allylic oxidation sites excluding steroid dienone is 3. The van der Waals surface area contributed by atoms with Gasteiger partial charge in [0.25, 0.3) is 0 Å². The zero-order valence-corrected chi connectivity index (χ0v) is 12.7. The van der Waals surface area contributed by atoms with Crippen molar-refractivity contribution in [3.8, 4) is 0 Å². The Kier molecular flexibility index (Phi) is 8.78. The van der Waals surface area contributed by atoms with Crippen LogP contribution in [0.4, 0.5) is 0 Å². The van der Waals surface area contributed by atoms with Crippen LogP contribution in [-0.2, 0) is 0 Å². The van der Waals surface area contributed by atoms with E-state index in [0.717, 1.165) is 6.42 Å². The molecule has 0 N–H and O–H groups in total. The molecular formula is C16H27Br. The van der Waals surface area contributed by atoms with E-state index in [-0.39, 0.29) is 0 Å². The maximum absolute atomic E-state index is 4.17.